The smallest absolute Gasteiger partial charge is 0.0726 e. The van der Waals surface area contributed by atoms with Crippen LogP contribution in [-0.2, 0) is 5.41 Å². The number of hydrogen-bond donors (Lipinski definition) is 0. The summed E-state index contributed by atoms with van der Waals surface area (Å²) >= 11 is 0. The molecule has 4 aliphatic rings. The van der Waals surface area contributed by atoms with Gasteiger partial charge in [0.2, 0.25) is 0 Å². The zero-order valence-electron chi connectivity index (χ0n) is 36.7. The quantitative estimate of drug-likeness (QED) is 0.155. The van der Waals surface area contributed by atoms with Gasteiger partial charge in [0.25, 0.3) is 0 Å². The minimum atomic E-state index is -0.430. The van der Waals surface area contributed by atoms with Crippen molar-refractivity contribution in [1.82, 2.24) is 0 Å². The molecule has 0 amide bonds. The molecule has 1 nitrogen and oxygen atoms in total. The highest BCUT2D eigenvalue weighted by atomic mass is 15.1. The lowest BCUT2D eigenvalue weighted by Gasteiger charge is -2.32. The molecule has 0 saturated heterocycles. The summed E-state index contributed by atoms with van der Waals surface area (Å²) in [5, 5.41) is 0. The normalized spacial score (nSPS) is 16.8. The highest BCUT2D eigenvalue weighted by molar-refractivity contribution is 5.96. The van der Waals surface area contributed by atoms with Crippen molar-refractivity contribution in [3.8, 4) is 33.4 Å². The van der Waals surface area contributed by atoms with Gasteiger partial charge in [-0.3, -0.25) is 0 Å². The summed E-state index contributed by atoms with van der Waals surface area (Å²) in [6, 6.07) is 82.0. The third-order valence-electron chi connectivity index (χ3n) is 14.8. The molecule has 9 aromatic rings. The average molecular weight is 842 g/mol. The van der Waals surface area contributed by atoms with E-state index in [1.807, 2.05) is 0 Å². The van der Waals surface area contributed by atoms with Crippen LogP contribution >= 0.6 is 0 Å². The standard InChI is InChI=1S/C65H47N/c1-3-17-44(18-4-1)49-22-15-24-51(41-49)66(53-38-40-59-58-29-11-14-32-62(58)65(63(59)43-53)60-30-12-9-27-56(60)57-28-10-13-31-61(57)65)52-25-16-23-50(42-52)45-33-35-47(36-34-45)55-39-37-46-19-7-8-26-54(46)64(55)48-20-5-2-6-21-48/h1-3,5-17,19-43,55,64H,4,18H2. The van der Waals surface area contributed by atoms with Crippen LogP contribution in [0.1, 0.15) is 74.7 Å². The van der Waals surface area contributed by atoms with Crippen molar-refractivity contribution in [2.75, 3.05) is 4.90 Å². The third kappa shape index (κ3) is 6.00. The maximum absolute atomic E-state index is 2.50. The minimum Gasteiger partial charge on any atom is -0.310 e. The Hall–Kier alpha value is -8.00. The van der Waals surface area contributed by atoms with E-state index in [9.17, 15) is 0 Å². The molecule has 0 aliphatic heterocycles. The molecule has 312 valence electrons. The van der Waals surface area contributed by atoms with Crippen molar-refractivity contribution in [2.24, 2.45) is 0 Å². The molecule has 1 heteroatoms. The predicted molar refractivity (Wildman–Crippen MR) is 276 cm³/mol. The van der Waals surface area contributed by atoms with Crippen molar-refractivity contribution in [2.45, 2.75) is 30.1 Å². The molecule has 0 bridgehead atoms. The summed E-state index contributed by atoms with van der Waals surface area (Å²) in [4.78, 5) is 2.49. The van der Waals surface area contributed by atoms with E-state index in [1.54, 1.807) is 0 Å². The van der Waals surface area contributed by atoms with Crippen LogP contribution in [0.5, 0.6) is 0 Å². The van der Waals surface area contributed by atoms with E-state index in [0.29, 0.717) is 0 Å². The van der Waals surface area contributed by atoms with Crippen LogP contribution < -0.4 is 4.90 Å². The highest BCUT2D eigenvalue weighted by Gasteiger charge is 2.51. The van der Waals surface area contributed by atoms with Crippen molar-refractivity contribution >= 4 is 28.7 Å². The van der Waals surface area contributed by atoms with E-state index in [1.165, 1.54) is 89.0 Å². The summed E-state index contributed by atoms with van der Waals surface area (Å²) in [7, 11) is 0. The Kier molecular flexibility index (Phi) is 9.10. The Morgan fingerprint density at radius 3 is 1.70 bits per heavy atom. The second kappa shape index (κ2) is 15.6. The van der Waals surface area contributed by atoms with Gasteiger partial charge in [0, 0.05) is 28.9 Å². The van der Waals surface area contributed by atoms with Crippen LogP contribution in [0, 0.1) is 0 Å². The summed E-state index contributed by atoms with van der Waals surface area (Å²) in [6.07, 6.45) is 13.6. The van der Waals surface area contributed by atoms with Crippen LogP contribution in [-0.4, -0.2) is 0 Å². The first-order valence-corrected chi connectivity index (χ1v) is 23.5. The number of benzene rings is 9. The maximum Gasteiger partial charge on any atom is 0.0726 e. The molecule has 2 unspecified atom stereocenters. The van der Waals surface area contributed by atoms with Crippen molar-refractivity contribution in [3.05, 3.63) is 293 Å². The van der Waals surface area contributed by atoms with Gasteiger partial charge >= 0.3 is 0 Å². The van der Waals surface area contributed by atoms with Crippen LogP contribution in [0.4, 0.5) is 17.1 Å². The molecule has 0 N–H and O–H groups in total. The van der Waals surface area contributed by atoms with Crippen LogP contribution in [0.2, 0.25) is 0 Å². The zero-order valence-corrected chi connectivity index (χ0v) is 36.7. The lowest BCUT2D eigenvalue weighted by molar-refractivity contribution is 0.707. The molecule has 0 fully saturated rings. The van der Waals surface area contributed by atoms with E-state index < -0.39 is 5.41 Å². The zero-order chi connectivity index (χ0) is 43.6. The highest BCUT2D eigenvalue weighted by Crippen LogP contribution is 2.63. The van der Waals surface area contributed by atoms with E-state index in [2.05, 4.69) is 254 Å². The molecule has 1 spiro atoms. The van der Waals surface area contributed by atoms with Crippen molar-refractivity contribution < 1.29 is 0 Å². The van der Waals surface area contributed by atoms with Crippen molar-refractivity contribution in [3.63, 3.8) is 0 Å². The van der Waals surface area contributed by atoms with E-state index in [0.717, 1.165) is 29.9 Å². The first-order chi connectivity index (χ1) is 32.7. The van der Waals surface area contributed by atoms with Gasteiger partial charge in [0.05, 0.1) is 5.41 Å². The molecule has 2 atom stereocenters. The first kappa shape index (κ1) is 38.5. The van der Waals surface area contributed by atoms with E-state index in [-0.39, 0.29) is 11.8 Å². The monoisotopic (exact) mass is 841 g/mol. The summed E-state index contributed by atoms with van der Waals surface area (Å²) in [5.74, 6) is 0.477. The number of rotatable bonds is 7. The second-order valence-corrected chi connectivity index (χ2v) is 18.2. The number of hydrogen-bond acceptors (Lipinski definition) is 1. The van der Waals surface area contributed by atoms with Crippen molar-refractivity contribution in [1.29, 1.82) is 0 Å². The van der Waals surface area contributed by atoms with E-state index >= 15 is 0 Å². The van der Waals surface area contributed by atoms with Crippen LogP contribution in [0.25, 0.3) is 45.0 Å². The Bertz CT molecular complexity index is 3370. The Balaban J connectivity index is 0.944. The number of nitrogens with zero attached hydrogens (tertiary/aromatic N) is 1. The molecule has 0 heterocycles. The number of fused-ring (bicyclic) bond motifs is 11. The maximum atomic E-state index is 2.50. The predicted octanol–water partition coefficient (Wildman–Crippen LogP) is 16.8. The fraction of sp³-hybridized carbons (Fsp3) is 0.0769. The van der Waals surface area contributed by atoms with Crippen LogP contribution in [0.3, 0.4) is 0 Å². The molecule has 0 saturated carbocycles. The lowest BCUT2D eigenvalue weighted by Crippen LogP contribution is -2.26. The van der Waals surface area contributed by atoms with E-state index in [4.69, 9.17) is 0 Å². The molecule has 0 radical (unpaired) electrons. The molecule has 9 aromatic carbocycles. The Morgan fingerprint density at radius 1 is 0.424 bits per heavy atom. The van der Waals surface area contributed by atoms with Gasteiger partial charge in [-0.05, 0) is 138 Å². The second-order valence-electron chi connectivity index (χ2n) is 18.2. The fourth-order valence-electron chi connectivity index (χ4n) is 11.9. The summed E-state index contributed by atoms with van der Waals surface area (Å²) in [6.45, 7) is 0. The van der Waals surface area contributed by atoms with Gasteiger partial charge in [-0.15, -0.1) is 0 Å². The number of allylic oxidation sites excluding steroid dienone is 5. The first-order valence-electron chi connectivity index (χ1n) is 23.5. The fourth-order valence-corrected chi connectivity index (χ4v) is 11.9. The molecule has 0 aromatic heterocycles. The van der Waals surface area contributed by atoms with Gasteiger partial charge < -0.3 is 4.90 Å². The van der Waals surface area contributed by atoms with Crippen LogP contribution in [0.15, 0.2) is 243 Å². The van der Waals surface area contributed by atoms with Gasteiger partial charge in [-0.25, -0.2) is 0 Å². The Morgan fingerprint density at radius 2 is 1.02 bits per heavy atom. The summed E-state index contributed by atoms with van der Waals surface area (Å²) < 4.78 is 0. The molecule has 13 rings (SSSR count). The lowest BCUT2D eigenvalue weighted by atomic mass is 9.70. The topological polar surface area (TPSA) is 3.24 Å². The van der Waals surface area contributed by atoms with Gasteiger partial charge in [0.1, 0.15) is 0 Å². The average Bonchev–Trinajstić information content (AvgIpc) is 3.86. The Labute approximate surface area is 388 Å². The van der Waals surface area contributed by atoms with Gasteiger partial charge in [-0.1, -0.05) is 212 Å². The number of anilines is 3. The molecule has 4 aliphatic carbocycles. The SMILES string of the molecule is C1=CCCC(c2cccc(N(c3cccc(-c4ccc(C5C=Cc6ccccc6C5c5ccccc5)cc4)c3)c3ccc4c(c3)C3(c5ccccc5-c5ccccc53)c3ccccc3-4)c2)=C1. The third-order valence-corrected chi connectivity index (χ3v) is 14.8. The summed E-state index contributed by atoms with van der Waals surface area (Å²) in [5.41, 5.74) is 24.0. The van der Waals surface area contributed by atoms with Gasteiger partial charge in [-0.2, -0.15) is 0 Å². The molecular weight excluding hydrogens is 795 g/mol. The molecule has 66 heavy (non-hydrogen) atoms. The molecular formula is C65H47N. The minimum absolute atomic E-state index is 0.230. The largest absolute Gasteiger partial charge is 0.310 e. The van der Waals surface area contributed by atoms with Gasteiger partial charge in [0.15, 0.2) is 0 Å².